The van der Waals surface area contributed by atoms with Crippen molar-refractivity contribution in [3.8, 4) is 0 Å². The molecule has 0 aliphatic heterocycles. The topological polar surface area (TPSA) is 34.0 Å². The molecule has 0 bridgehead atoms. The van der Waals surface area contributed by atoms with E-state index < -0.39 is 0 Å². The lowest BCUT2D eigenvalue weighted by atomic mass is 10.2. The van der Waals surface area contributed by atoms with Gasteiger partial charge in [-0.25, -0.2) is 4.98 Å². The lowest BCUT2D eigenvalue weighted by Gasteiger charge is -2.22. The first-order valence-corrected chi connectivity index (χ1v) is 7.23. The van der Waals surface area contributed by atoms with Crippen LogP contribution in [0.4, 0.5) is 0 Å². The molecule has 0 saturated carbocycles. The second kappa shape index (κ2) is 6.12. The summed E-state index contributed by atoms with van der Waals surface area (Å²) in [6, 6.07) is 0.321. The quantitative estimate of drug-likeness (QED) is 0.761. The molecule has 1 atom stereocenters. The van der Waals surface area contributed by atoms with Gasteiger partial charge in [-0.3, -0.25) is 9.58 Å². The van der Waals surface area contributed by atoms with Gasteiger partial charge in [0.05, 0.1) is 18.3 Å². The average molecular weight is 276 g/mol. The van der Waals surface area contributed by atoms with Crippen LogP contribution in [0.2, 0.25) is 0 Å². The second-order valence-corrected chi connectivity index (χ2v) is 5.64. The number of allylic oxidation sites excluding steroid dienone is 1. The van der Waals surface area contributed by atoms with Crippen LogP contribution in [-0.2, 0) is 13.1 Å². The normalized spacial score (nSPS) is 12.8. The summed E-state index contributed by atoms with van der Waals surface area (Å²) in [6.45, 7) is 9.61. The van der Waals surface area contributed by atoms with Crippen molar-refractivity contribution in [2.24, 2.45) is 0 Å². The number of rotatable bonds is 6. The Hall–Kier alpha value is -1.46. The van der Waals surface area contributed by atoms with E-state index >= 15 is 0 Å². The maximum absolute atomic E-state index is 4.48. The lowest BCUT2D eigenvalue weighted by molar-refractivity contribution is 0.252. The maximum Gasteiger partial charge on any atom is 0.109 e. The lowest BCUT2D eigenvalue weighted by Crippen LogP contribution is -2.21. The third-order valence-corrected chi connectivity index (χ3v) is 4.20. The molecule has 0 N–H and O–H groups in total. The molecular formula is C14H20N4S. The Morgan fingerprint density at radius 2 is 2.37 bits per heavy atom. The number of aromatic nitrogens is 3. The molecule has 102 valence electrons. The van der Waals surface area contributed by atoms with Gasteiger partial charge in [-0.05, 0) is 20.9 Å². The Labute approximate surface area is 118 Å². The van der Waals surface area contributed by atoms with E-state index in [2.05, 4.69) is 48.7 Å². The molecular weight excluding hydrogens is 256 g/mol. The summed E-state index contributed by atoms with van der Waals surface area (Å²) in [6.07, 6.45) is 5.82. The summed E-state index contributed by atoms with van der Waals surface area (Å²) in [7, 11) is 2.12. The average Bonchev–Trinajstić information content (AvgIpc) is 3.00. The van der Waals surface area contributed by atoms with Crippen molar-refractivity contribution in [1.29, 1.82) is 0 Å². The Morgan fingerprint density at radius 1 is 1.58 bits per heavy atom. The molecule has 19 heavy (non-hydrogen) atoms. The minimum atomic E-state index is 0.321. The summed E-state index contributed by atoms with van der Waals surface area (Å²) in [5.74, 6) is 0. The third kappa shape index (κ3) is 3.30. The first kappa shape index (κ1) is 14.0. The van der Waals surface area contributed by atoms with Gasteiger partial charge < -0.3 is 0 Å². The molecule has 1 unspecified atom stereocenters. The van der Waals surface area contributed by atoms with Crippen LogP contribution in [0.15, 0.2) is 30.4 Å². The second-order valence-electron chi connectivity index (χ2n) is 4.71. The van der Waals surface area contributed by atoms with Crippen LogP contribution < -0.4 is 0 Å². The van der Waals surface area contributed by atoms with Crippen LogP contribution >= 0.6 is 11.3 Å². The Morgan fingerprint density at radius 3 is 3.00 bits per heavy atom. The summed E-state index contributed by atoms with van der Waals surface area (Å²) >= 11 is 1.70. The minimum Gasteiger partial charge on any atom is -0.293 e. The molecule has 2 heterocycles. The van der Waals surface area contributed by atoms with Crippen LogP contribution in [0, 0.1) is 6.92 Å². The first-order valence-electron chi connectivity index (χ1n) is 6.35. The van der Waals surface area contributed by atoms with Gasteiger partial charge in [-0.15, -0.1) is 17.9 Å². The van der Waals surface area contributed by atoms with Gasteiger partial charge in [0.25, 0.3) is 0 Å². The fourth-order valence-electron chi connectivity index (χ4n) is 1.98. The largest absolute Gasteiger partial charge is 0.293 e. The predicted octanol–water partition coefficient (Wildman–Crippen LogP) is 3.03. The summed E-state index contributed by atoms with van der Waals surface area (Å²) in [5.41, 5.74) is 2.34. The van der Waals surface area contributed by atoms with Gasteiger partial charge in [0.2, 0.25) is 0 Å². The van der Waals surface area contributed by atoms with Crippen molar-refractivity contribution in [2.75, 3.05) is 7.05 Å². The van der Waals surface area contributed by atoms with Crippen LogP contribution in [0.3, 0.4) is 0 Å². The van der Waals surface area contributed by atoms with Gasteiger partial charge in [-0.2, -0.15) is 5.10 Å². The molecule has 0 aliphatic rings. The van der Waals surface area contributed by atoms with Gasteiger partial charge in [0, 0.05) is 29.9 Å². The van der Waals surface area contributed by atoms with Gasteiger partial charge in [0.15, 0.2) is 0 Å². The standard InChI is InChI=1S/C14H20N4S/c1-5-7-18-10-13(11(2)16-18)9-17(4)12(3)14-15-6-8-19-14/h5-6,8,10,12H,1,7,9H2,2-4H3. The van der Waals surface area contributed by atoms with E-state index in [0.717, 1.165) is 23.8 Å². The zero-order chi connectivity index (χ0) is 13.8. The van der Waals surface area contributed by atoms with Crippen molar-refractivity contribution < 1.29 is 0 Å². The Balaban J connectivity index is 2.06. The number of aryl methyl sites for hydroxylation is 1. The fourth-order valence-corrected chi connectivity index (χ4v) is 2.73. The highest BCUT2D eigenvalue weighted by Gasteiger charge is 2.16. The van der Waals surface area contributed by atoms with Crippen LogP contribution in [0.1, 0.15) is 29.2 Å². The number of hydrogen-bond acceptors (Lipinski definition) is 4. The minimum absolute atomic E-state index is 0.321. The van der Waals surface area contributed by atoms with E-state index in [1.165, 1.54) is 5.56 Å². The molecule has 0 saturated heterocycles. The van der Waals surface area contributed by atoms with Crippen LogP contribution in [-0.4, -0.2) is 26.7 Å². The monoisotopic (exact) mass is 276 g/mol. The summed E-state index contributed by atoms with van der Waals surface area (Å²) in [5, 5.41) is 7.65. The van der Waals surface area contributed by atoms with Gasteiger partial charge in [-0.1, -0.05) is 6.08 Å². The van der Waals surface area contributed by atoms with Crippen LogP contribution in [0.25, 0.3) is 0 Å². The summed E-state index contributed by atoms with van der Waals surface area (Å²) in [4.78, 5) is 6.67. The molecule has 2 aromatic heterocycles. The molecule has 5 heteroatoms. The molecule has 2 aromatic rings. The smallest absolute Gasteiger partial charge is 0.109 e. The van der Waals surface area contributed by atoms with Gasteiger partial charge in [0.1, 0.15) is 5.01 Å². The first-order chi connectivity index (χ1) is 9.11. The van der Waals surface area contributed by atoms with Crippen molar-refractivity contribution in [2.45, 2.75) is 33.0 Å². The van der Waals surface area contributed by atoms with E-state index in [-0.39, 0.29) is 0 Å². The molecule has 0 aromatic carbocycles. The maximum atomic E-state index is 4.48. The SMILES string of the molecule is C=CCn1cc(CN(C)C(C)c2nccs2)c(C)n1. The highest BCUT2D eigenvalue weighted by molar-refractivity contribution is 7.09. The fraction of sp³-hybridized carbons (Fsp3) is 0.429. The molecule has 2 rings (SSSR count). The molecule has 0 amide bonds. The zero-order valence-electron chi connectivity index (χ0n) is 11.7. The highest BCUT2D eigenvalue weighted by atomic mass is 32.1. The van der Waals surface area contributed by atoms with E-state index in [4.69, 9.17) is 0 Å². The number of nitrogens with zero attached hydrogens (tertiary/aromatic N) is 4. The van der Waals surface area contributed by atoms with Crippen molar-refractivity contribution in [3.05, 3.63) is 46.7 Å². The predicted molar refractivity (Wildman–Crippen MR) is 79.2 cm³/mol. The molecule has 0 spiro atoms. The zero-order valence-corrected chi connectivity index (χ0v) is 12.5. The number of thiazole rings is 1. The Bertz CT molecular complexity index is 530. The van der Waals surface area contributed by atoms with E-state index in [1.54, 1.807) is 11.3 Å². The van der Waals surface area contributed by atoms with Crippen LogP contribution in [0.5, 0.6) is 0 Å². The van der Waals surface area contributed by atoms with Crippen molar-refractivity contribution in [1.82, 2.24) is 19.7 Å². The van der Waals surface area contributed by atoms with Crippen molar-refractivity contribution in [3.63, 3.8) is 0 Å². The molecule has 0 fully saturated rings. The van der Waals surface area contributed by atoms with E-state index in [1.807, 2.05) is 22.3 Å². The van der Waals surface area contributed by atoms with Crippen molar-refractivity contribution >= 4 is 11.3 Å². The summed E-state index contributed by atoms with van der Waals surface area (Å²) < 4.78 is 1.93. The van der Waals surface area contributed by atoms with E-state index in [9.17, 15) is 0 Å². The highest BCUT2D eigenvalue weighted by Crippen LogP contribution is 2.22. The third-order valence-electron chi connectivity index (χ3n) is 3.25. The molecule has 0 radical (unpaired) electrons. The van der Waals surface area contributed by atoms with Gasteiger partial charge >= 0.3 is 0 Å². The molecule has 4 nitrogen and oxygen atoms in total. The Kier molecular flexibility index (Phi) is 4.50. The van der Waals surface area contributed by atoms with E-state index in [0.29, 0.717) is 6.04 Å². The molecule has 0 aliphatic carbocycles. The number of hydrogen-bond donors (Lipinski definition) is 0.